The second-order valence-corrected chi connectivity index (χ2v) is 16.8. The van der Waals surface area contributed by atoms with Crippen LogP contribution in [0.1, 0.15) is 160 Å². The van der Waals surface area contributed by atoms with Gasteiger partial charge < -0.3 is 40.0 Å². The zero-order valence-corrected chi connectivity index (χ0v) is 34.6. The van der Waals surface area contributed by atoms with Gasteiger partial charge in [-0.05, 0) is 67.2 Å². The van der Waals surface area contributed by atoms with E-state index in [0.717, 1.165) is 19.3 Å². The minimum absolute atomic E-state index is 0.0913. The van der Waals surface area contributed by atoms with Gasteiger partial charge in [0.15, 0.2) is 5.79 Å². The summed E-state index contributed by atoms with van der Waals surface area (Å²) in [5.41, 5.74) is -0.773. The molecular weight excluding hydrogens is 666 g/mol. The summed E-state index contributed by atoms with van der Waals surface area (Å²) < 4.78 is 23.6. The molecule has 1 heterocycles. The van der Waals surface area contributed by atoms with Crippen molar-refractivity contribution in [3.63, 3.8) is 0 Å². The molecule has 0 bridgehead atoms. The van der Waals surface area contributed by atoms with Gasteiger partial charge in [-0.1, -0.05) is 98.8 Å². The molecule has 0 aromatic carbocycles. The summed E-state index contributed by atoms with van der Waals surface area (Å²) in [5, 5.41) is 18.2. The van der Waals surface area contributed by atoms with Crippen molar-refractivity contribution < 1.29 is 43.2 Å². The lowest BCUT2D eigenvalue weighted by Gasteiger charge is -2.44. The van der Waals surface area contributed by atoms with Crippen LogP contribution in [0.15, 0.2) is 0 Å². The number of carbonyl (C=O) groups excluding carboxylic acids is 4. The molecule has 1 rings (SSSR count). The lowest BCUT2D eigenvalue weighted by molar-refractivity contribution is -0.304. The quantitative estimate of drug-likeness (QED) is 0.0642. The second kappa shape index (κ2) is 23.4. The summed E-state index contributed by atoms with van der Waals surface area (Å²) in [6.07, 6.45) is 11.2. The summed E-state index contributed by atoms with van der Waals surface area (Å²) in [7, 11) is 0. The molecule has 12 nitrogen and oxygen atoms in total. The van der Waals surface area contributed by atoms with Gasteiger partial charge in [-0.2, -0.15) is 0 Å². The predicted molar refractivity (Wildman–Crippen MR) is 203 cm³/mol. The summed E-state index contributed by atoms with van der Waals surface area (Å²) in [6, 6.07) is -3.50. The molecule has 0 aliphatic carbocycles. The number of amides is 3. The van der Waals surface area contributed by atoms with Crippen molar-refractivity contribution in [3.05, 3.63) is 0 Å². The van der Waals surface area contributed by atoms with E-state index in [1.807, 2.05) is 20.8 Å². The monoisotopic (exact) mass is 742 g/mol. The molecule has 3 amide bonds. The summed E-state index contributed by atoms with van der Waals surface area (Å²) in [6.45, 7) is 22.1. The van der Waals surface area contributed by atoms with Gasteiger partial charge >= 0.3 is 12.1 Å². The molecule has 0 spiro atoms. The van der Waals surface area contributed by atoms with Crippen LogP contribution >= 0.6 is 0 Å². The van der Waals surface area contributed by atoms with E-state index >= 15 is 0 Å². The Morgan fingerprint density at radius 3 is 1.83 bits per heavy atom. The summed E-state index contributed by atoms with van der Waals surface area (Å²) >= 11 is 0. The number of hydrogen-bond acceptors (Lipinski definition) is 9. The molecule has 52 heavy (non-hydrogen) atoms. The van der Waals surface area contributed by atoms with Crippen LogP contribution in [0.3, 0.4) is 0 Å². The molecule has 0 saturated carbocycles. The minimum atomic E-state index is -1.39. The van der Waals surface area contributed by atoms with Crippen LogP contribution in [0.2, 0.25) is 0 Å². The zero-order valence-electron chi connectivity index (χ0n) is 34.6. The number of rotatable bonds is 23. The van der Waals surface area contributed by atoms with Crippen LogP contribution in [0.25, 0.3) is 0 Å². The van der Waals surface area contributed by atoms with Crippen LogP contribution < -0.4 is 16.0 Å². The lowest BCUT2D eigenvalue weighted by atomic mass is 9.86. The van der Waals surface area contributed by atoms with Gasteiger partial charge in [-0.15, -0.1) is 0 Å². The molecule has 1 aliphatic heterocycles. The van der Waals surface area contributed by atoms with E-state index in [1.165, 1.54) is 65.2 Å². The molecule has 0 radical (unpaired) electrons. The SMILES string of the molecule is CCCCCCCCCCCCC[C@@H](OC(=O)[C@H](C)NC(=O)[C@@H](NC(=O)[C@@H](NC(=O)OC(C)(C)C)C(C)C)[C@@H](C)O)[C@H](C)[C@H]1OC(C)(C)OC[C@@H]1C. The minimum Gasteiger partial charge on any atom is -0.460 e. The van der Waals surface area contributed by atoms with E-state index in [2.05, 4.69) is 29.8 Å². The smallest absolute Gasteiger partial charge is 0.408 e. The molecule has 4 N–H and O–H groups in total. The highest BCUT2D eigenvalue weighted by Crippen LogP contribution is 2.34. The number of alkyl carbamates (subject to hydrolysis) is 1. The number of carbonyl (C=O) groups is 4. The fraction of sp³-hybridized carbons (Fsp3) is 0.900. The summed E-state index contributed by atoms with van der Waals surface area (Å²) in [4.78, 5) is 52.5. The number of esters is 1. The fourth-order valence-corrected chi connectivity index (χ4v) is 6.41. The van der Waals surface area contributed by atoms with Gasteiger partial charge in [0.2, 0.25) is 11.8 Å². The highest BCUT2D eigenvalue weighted by atomic mass is 16.7. The molecule has 0 aromatic heterocycles. The van der Waals surface area contributed by atoms with Gasteiger partial charge in [0.05, 0.1) is 18.8 Å². The first-order chi connectivity index (χ1) is 24.2. The summed E-state index contributed by atoms with van der Waals surface area (Å²) in [5.74, 6) is -3.20. The Kier molecular flexibility index (Phi) is 21.4. The maximum Gasteiger partial charge on any atom is 0.408 e. The average Bonchev–Trinajstić information content (AvgIpc) is 3.03. The maximum atomic E-state index is 13.5. The van der Waals surface area contributed by atoms with E-state index in [1.54, 1.807) is 34.6 Å². The zero-order chi connectivity index (χ0) is 39.6. The van der Waals surface area contributed by atoms with Gasteiger partial charge in [0, 0.05) is 11.8 Å². The molecule has 1 aliphatic rings. The molecule has 8 atom stereocenters. The van der Waals surface area contributed by atoms with Crippen LogP contribution in [0, 0.1) is 17.8 Å². The van der Waals surface area contributed by atoms with Crippen molar-refractivity contribution in [1.29, 1.82) is 0 Å². The lowest BCUT2D eigenvalue weighted by Crippen LogP contribution is -2.60. The Balaban J connectivity index is 2.91. The normalized spacial score (nSPS) is 20.9. The van der Waals surface area contributed by atoms with E-state index in [0.29, 0.717) is 13.0 Å². The average molecular weight is 742 g/mol. The number of aliphatic hydroxyl groups is 1. The largest absolute Gasteiger partial charge is 0.460 e. The molecule has 0 unspecified atom stereocenters. The van der Waals surface area contributed by atoms with Gasteiger partial charge in [0.25, 0.3) is 0 Å². The Hall–Kier alpha value is -2.44. The third-order valence-electron chi connectivity index (χ3n) is 9.54. The number of nitrogens with one attached hydrogen (secondary N) is 3. The van der Waals surface area contributed by atoms with E-state index in [4.69, 9.17) is 18.9 Å². The highest BCUT2D eigenvalue weighted by molar-refractivity contribution is 5.93. The highest BCUT2D eigenvalue weighted by Gasteiger charge is 2.41. The Morgan fingerprint density at radius 2 is 1.33 bits per heavy atom. The third-order valence-corrected chi connectivity index (χ3v) is 9.54. The predicted octanol–water partition coefficient (Wildman–Crippen LogP) is 6.94. The first kappa shape index (κ1) is 47.6. The molecule has 12 heteroatoms. The van der Waals surface area contributed by atoms with E-state index in [-0.39, 0.29) is 23.9 Å². The third kappa shape index (κ3) is 18.5. The second-order valence-electron chi connectivity index (χ2n) is 16.8. The van der Waals surface area contributed by atoms with Crippen molar-refractivity contribution in [1.82, 2.24) is 16.0 Å². The van der Waals surface area contributed by atoms with Crippen molar-refractivity contribution in [2.75, 3.05) is 6.61 Å². The molecule has 1 saturated heterocycles. The van der Waals surface area contributed by atoms with Crippen molar-refractivity contribution in [2.24, 2.45) is 17.8 Å². The molecular formula is C40H75N3O9. The maximum absolute atomic E-state index is 13.5. The number of ether oxygens (including phenoxy) is 4. The Bertz CT molecular complexity index is 1080. The first-order valence-corrected chi connectivity index (χ1v) is 20.0. The van der Waals surface area contributed by atoms with E-state index < -0.39 is 65.6 Å². The first-order valence-electron chi connectivity index (χ1n) is 20.0. The number of aliphatic hydroxyl groups excluding tert-OH is 1. The molecule has 1 fully saturated rings. The number of hydrogen-bond donors (Lipinski definition) is 4. The van der Waals surface area contributed by atoms with Crippen LogP contribution in [0.5, 0.6) is 0 Å². The standard InChI is InChI=1S/C40H75N3O9/c1-13-14-15-16-17-18-19-20-21-22-23-24-31(28(5)34-27(4)25-49-40(11,12)51-34)50-37(47)29(6)41-36(46)33(30(7)44)42-35(45)32(26(2)3)43-38(48)52-39(8,9)10/h26-34,44H,13-25H2,1-12H3,(H,41,46)(H,42,45)(H,43,48)/t27-,28-,29-,30+,31+,32-,33-,34-/m0/s1. The van der Waals surface area contributed by atoms with Gasteiger partial charge in [-0.3, -0.25) is 9.59 Å². The van der Waals surface area contributed by atoms with Gasteiger partial charge in [-0.25, -0.2) is 9.59 Å². The molecule has 304 valence electrons. The van der Waals surface area contributed by atoms with Gasteiger partial charge in [0.1, 0.15) is 29.8 Å². The van der Waals surface area contributed by atoms with Crippen molar-refractivity contribution in [2.45, 2.75) is 208 Å². The Labute approximate surface area is 315 Å². The van der Waals surface area contributed by atoms with Crippen molar-refractivity contribution >= 4 is 23.9 Å². The van der Waals surface area contributed by atoms with Crippen LogP contribution in [-0.2, 0) is 33.3 Å². The van der Waals surface area contributed by atoms with E-state index in [9.17, 15) is 24.3 Å². The topological polar surface area (TPSA) is 162 Å². The fourth-order valence-electron chi connectivity index (χ4n) is 6.41. The van der Waals surface area contributed by atoms with Crippen LogP contribution in [-0.4, -0.2) is 83.4 Å². The number of unbranched alkanes of at least 4 members (excludes halogenated alkanes) is 10. The molecule has 0 aromatic rings. The Morgan fingerprint density at radius 1 is 0.808 bits per heavy atom. The van der Waals surface area contributed by atoms with Crippen molar-refractivity contribution in [3.8, 4) is 0 Å². The van der Waals surface area contributed by atoms with Crippen LogP contribution in [0.4, 0.5) is 4.79 Å².